The van der Waals surface area contributed by atoms with E-state index in [-0.39, 0.29) is 12.4 Å². The molecule has 2 heterocycles. The molecule has 3 rings (SSSR count). The SMILES string of the molecule is CCOC(=O)c1cnc(-c2cccc(-c3cc(C=O)[nH]n3)c2)o1. The third kappa shape index (κ3) is 3.03. The number of ether oxygens (including phenoxy) is 1. The summed E-state index contributed by atoms with van der Waals surface area (Å²) in [5.41, 5.74) is 2.51. The van der Waals surface area contributed by atoms with E-state index in [2.05, 4.69) is 15.2 Å². The highest BCUT2D eigenvalue weighted by atomic mass is 16.5. The topological polar surface area (TPSA) is 98.1 Å². The summed E-state index contributed by atoms with van der Waals surface area (Å²) < 4.78 is 10.3. The van der Waals surface area contributed by atoms with E-state index in [0.717, 1.165) is 5.56 Å². The Balaban J connectivity index is 1.90. The zero-order valence-electron chi connectivity index (χ0n) is 12.3. The smallest absolute Gasteiger partial charge is 0.375 e. The van der Waals surface area contributed by atoms with Gasteiger partial charge in [-0.15, -0.1) is 0 Å². The number of carbonyl (C=O) groups excluding carboxylic acids is 2. The van der Waals surface area contributed by atoms with E-state index >= 15 is 0 Å². The molecule has 1 aromatic carbocycles. The Morgan fingerprint density at radius 1 is 1.35 bits per heavy atom. The molecule has 0 atom stereocenters. The number of oxazole rings is 1. The number of rotatable bonds is 5. The number of aromatic nitrogens is 3. The highest BCUT2D eigenvalue weighted by Gasteiger charge is 2.15. The largest absolute Gasteiger partial charge is 0.460 e. The maximum atomic E-state index is 11.6. The van der Waals surface area contributed by atoms with E-state index in [0.29, 0.717) is 29.1 Å². The van der Waals surface area contributed by atoms with Crippen LogP contribution in [-0.2, 0) is 4.74 Å². The first-order valence-corrected chi connectivity index (χ1v) is 6.95. The molecule has 0 unspecified atom stereocenters. The minimum atomic E-state index is -0.551. The number of aldehydes is 1. The minimum absolute atomic E-state index is 0.0512. The van der Waals surface area contributed by atoms with Gasteiger partial charge in [-0.05, 0) is 25.1 Å². The van der Waals surface area contributed by atoms with Gasteiger partial charge in [0.2, 0.25) is 11.7 Å². The molecule has 3 aromatic rings. The van der Waals surface area contributed by atoms with E-state index < -0.39 is 5.97 Å². The molecule has 0 aliphatic rings. The summed E-state index contributed by atoms with van der Waals surface area (Å²) in [6.45, 7) is 1.98. The molecule has 0 fully saturated rings. The summed E-state index contributed by atoms with van der Waals surface area (Å²) in [6, 6.07) is 8.92. The lowest BCUT2D eigenvalue weighted by Crippen LogP contribution is -2.02. The molecule has 0 aliphatic heterocycles. The molecular weight excluding hydrogens is 298 g/mol. The van der Waals surface area contributed by atoms with Crippen molar-refractivity contribution in [2.75, 3.05) is 6.61 Å². The Bertz CT molecular complexity index is 850. The number of nitrogens with one attached hydrogen (secondary N) is 1. The van der Waals surface area contributed by atoms with Crippen LogP contribution in [0.4, 0.5) is 0 Å². The van der Waals surface area contributed by atoms with Crippen molar-refractivity contribution >= 4 is 12.3 Å². The Kier molecular flexibility index (Phi) is 4.01. The zero-order chi connectivity index (χ0) is 16.2. The second kappa shape index (κ2) is 6.27. The molecule has 0 radical (unpaired) electrons. The van der Waals surface area contributed by atoms with Gasteiger partial charge >= 0.3 is 5.97 Å². The Morgan fingerprint density at radius 2 is 2.17 bits per heavy atom. The van der Waals surface area contributed by atoms with Crippen LogP contribution in [0.5, 0.6) is 0 Å². The van der Waals surface area contributed by atoms with Gasteiger partial charge < -0.3 is 9.15 Å². The first-order chi connectivity index (χ1) is 11.2. The lowest BCUT2D eigenvalue weighted by molar-refractivity contribution is 0.0491. The molecular formula is C16H13N3O4. The van der Waals surface area contributed by atoms with Crippen molar-refractivity contribution in [2.45, 2.75) is 6.92 Å². The normalized spacial score (nSPS) is 10.5. The molecule has 0 spiro atoms. The molecule has 2 aromatic heterocycles. The third-order valence-corrected chi connectivity index (χ3v) is 3.11. The van der Waals surface area contributed by atoms with E-state index in [4.69, 9.17) is 9.15 Å². The summed E-state index contributed by atoms with van der Waals surface area (Å²) in [7, 11) is 0. The molecule has 7 heteroatoms. The monoisotopic (exact) mass is 311 g/mol. The number of benzene rings is 1. The number of H-pyrrole nitrogens is 1. The molecule has 0 saturated carbocycles. The number of esters is 1. The first-order valence-electron chi connectivity index (χ1n) is 6.95. The minimum Gasteiger partial charge on any atom is -0.460 e. The molecule has 1 N–H and O–H groups in total. The highest BCUT2D eigenvalue weighted by molar-refractivity contribution is 5.86. The summed E-state index contributed by atoms with van der Waals surface area (Å²) in [5, 5.41) is 6.70. The second-order valence-electron chi connectivity index (χ2n) is 4.66. The van der Waals surface area contributed by atoms with E-state index in [1.807, 2.05) is 18.2 Å². The highest BCUT2D eigenvalue weighted by Crippen LogP contribution is 2.25. The quantitative estimate of drug-likeness (QED) is 0.574. The van der Waals surface area contributed by atoms with Gasteiger partial charge in [-0.2, -0.15) is 5.10 Å². The number of aromatic amines is 1. The van der Waals surface area contributed by atoms with Crippen LogP contribution in [0.1, 0.15) is 28.0 Å². The fraction of sp³-hybridized carbons (Fsp3) is 0.125. The van der Waals surface area contributed by atoms with Crippen molar-refractivity contribution in [3.8, 4) is 22.7 Å². The van der Waals surface area contributed by atoms with Crippen molar-refractivity contribution in [2.24, 2.45) is 0 Å². The van der Waals surface area contributed by atoms with E-state index in [9.17, 15) is 9.59 Å². The van der Waals surface area contributed by atoms with Gasteiger partial charge in [0.25, 0.3) is 0 Å². The summed E-state index contributed by atoms with van der Waals surface area (Å²) >= 11 is 0. The molecule has 0 amide bonds. The predicted molar refractivity (Wildman–Crippen MR) is 80.9 cm³/mol. The average molecular weight is 311 g/mol. The molecule has 23 heavy (non-hydrogen) atoms. The van der Waals surface area contributed by atoms with E-state index in [1.165, 1.54) is 6.20 Å². The fourth-order valence-electron chi connectivity index (χ4n) is 2.06. The summed E-state index contributed by atoms with van der Waals surface area (Å²) in [4.78, 5) is 26.4. The third-order valence-electron chi connectivity index (χ3n) is 3.11. The second-order valence-corrected chi connectivity index (χ2v) is 4.66. The van der Waals surface area contributed by atoms with Crippen LogP contribution in [0.3, 0.4) is 0 Å². The first kappa shape index (κ1) is 14.7. The van der Waals surface area contributed by atoms with Gasteiger partial charge in [-0.3, -0.25) is 9.89 Å². The number of hydrogen-bond acceptors (Lipinski definition) is 6. The number of carbonyl (C=O) groups is 2. The fourth-order valence-corrected chi connectivity index (χ4v) is 2.06. The maximum Gasteiger partial charge on any atom is 0.375 e. The van der Waals surface area contributed by atoms with E-state index in [1.54, 1.807) is 19.1 Å². The standard InChI is InChI=1S/C16H13N3O4/c1-2-22-16(21)14-8-17-15(23-14)11-5-3-4-10(6-11)13-7-12(9-20)18-19-13/h3-9H,2H2,1H3,(H,18,19). The average Bonchev–Trinajstić information content (AvgIpc) is 3.25. The van der Waals surface area contributed by atoms with Crippen LogP contribution in [-0.4, -0.2) is 34.0 Å². The maximum absolute atomic E-state index is 11.6. The van der Waals surface area contributed by atoms with Crippen LogP contribution in [0, 0.1) is 0 Å². The summed E-state index contributed by atoms with van der Waals surface area (Å²) in [6.07, 6.45) is 2.03. The molecule has 0 bridgehead atoms. The van der Waals surface area contributed by atoms with Crippen LogP contribution in [0.25, 0.3) is 22.7 Å². The molecule has 0 aliphatic carbocycles. The zero-order valence-corrected chi connectivity index (χ0v) is 12.3. The lowest BCUT2D eigenvalue weighted by Gasteiger charge is -2.00. The lowest BCUT2D eigenvalue weighted by atomic mass is 10.1. The van der Waals surface area contributed by atoms with Crippen LogP contribution < -0.4 is 0 Å². The predicted octanol–water partition coefficient (Wildman–Crippen LogP) is 2.72. The van der Waals surface area contributed by atoms with Gasteiger partial charge in [-0.25, -0.2) is 9.78 Å². The van der Waals surface area contributed by atoms with Crippen molar-refractivity contribution in [3.63, 3.8) is 0 Å². The van der Waals surface area contributed by atoms with Crippen LogP contribution in [0.15, 0.2) is 40.9 Å². The van der Waals surface area contributed by atoms with Crippen molar-refractivity contribution in [1.29, 1.82) is 0 Å². The number of hydrogen-bond donors (Lipinski definition) is 1. The Morgan fingerprint density at radius 3 is 2.91 bits per heavy atom. The van der Waals surface area contributed by atoms with Crippen molar-refractivity contribution < 1.29 is 18.7 Å². The van der Waals surface area contributed by atoms with Crippen LogP contribution in [0.2, 0.25) is 0 Å². The van der Waals surface area contributed by atoms with Crippen molar-refractivity contribution in [3.05, 3.63) is 48.0 Å². The Labute approximate surface area is 131 Å². The molecule has 0 saturated heterocycles. The van der Waals surface area contributed by atoms with Gasteiger partial charge in [0, 0.05) is 11.1 Å². The molecule has 116 valence electrons. The van der Waals surface area contributed by atoms with Gasteiger partial charge in [0.1, 0.15) is 0 Å². The summed E-state index contributed by atoms with van der Waals surface area (Å²) in [5.74, 6) is -0.193. The number of nitrogens with zero attached hydrogens (tertiary/aromatic N) is 2. The molecule has 7 nitrogen and oxygen atoms in total. The van der Waals surface area contributed by atoms with Gasteiger partial charge in [0.05, 0.1) is 24.2 Å². The van der Waals surface area contributed by atoms with Crippen LogP contribution >= 0.6 is 0 Å². The van der Waals surface area contributed by atoms with Crippen molar-refractivity contribution in [1.82, 2.24) is 15.2 Å². The van der Waals surface area contributed by atoms with Gasteiger partial charge in [0.15, 0.2) is 6.29 Å². The van der Waals surface area contributed by atoms with Gasteiger partial charge in [-0.1, -0.05) is 12.1 Å². The Hall–Kier alpha value is -3.22.